The molecular weight excluding hydrogens is 437 g/mol. The van der Waals surface area contributed by atoms with Crippen LogP contribution in [0.15, 0.2) is 54.9 Å². The molecule has 1 atom stereocenters. The second-order valence-electron chi connectivity index (χ2n) is 8.59. The number of anilines is 2. The lowest BCUT2D eigenvalue weighted by molar-refractivity contribution is -0.168. The van der Waals surface area contributed by atoms with Crippen LogP contribution in [0.3, 0.4) is 0 Å². The number of hydrogen-bond donors (Lipinski definition) is 1. The number of aryl methyl sites for hydroxylation is 2. The lowest BCUT2D eigenvalue weighted by atomic mass is 9.90. The summed E-state index contributed by atoms with van der Waals surface area (Å²) >= 11 is 0. The van der Waals surface area contributed by atoms with Crippen molar-refractivity contribution < 1.29 is 13.9 Å². The van der Waals surface area contributed by atoms with Crippen molar-refractivity contribution in [3.8, 4) is 5.69 Å². The molecule has 6 rings (SSSR count). The molecule has 1 fully saturated rings. The number of hydrogen-bond acceptors (Lipinski definition) is 7. The number of nitrogens with one attached hydrogen (secondary N) is 1. The molecule has 2 aromatic heterocycles. The molecule has 1 spiro atoms. The monoisotopic (exact) mass is 461 g/mol. The summed E-state index contributed by atoms with van der Waals surface area (Å²) < 4.78 is 29.3. The molecule has 0 saturated carbocycles. The van der Waals surface area contributed by atoms with E-state index in [1.807, 2.05) is 35.9 Å². The molecule has 1 unspecified atom stereocenters. The Labute approximate surface area is 195 Å². The summed E-state index contributed by atoms with van der Waals surface area (Å²) in [6.45, 7) is 3.62. The lowest BCUT2D eigenvalue weighted by Crippen LogP contribution is -2.32. The van der Waals surface area contributed by atoms with E-state index in [2.05, 4.69) is 15.4 Å². The van der Waals surface area contributed by atoms with Crippen molar-refractivity contribution in [1.29, 1.82) is 0 Å². The Balaban J connectivity index is 1.28. The number of fused-ring (bicyclic) bond motifs is 1. The van der Waals surface area contributed by atoms with Gasteiger partial charge in [0.05, 0.1) is 18.9 Å². The molecule has 0 aliphatic carbocycles. The first-order valence-electron chi connectivity index (χ1n) is 11.3. The third-order valence-electron chi connectivity index (χ3n) is 6.31. The third-order valence-corrected chi connectivity index (χ3v) is 6.31. The number of nitrogens with zero attached hydrogens (tertiary/aromatic N) is 6. The summed E-state index contributed by atoms with van der Waals surface area (Å²) in [6, 6.07) is 14.4. The fourth-order valence-corrected chi connectivity index (χ4v) is 4.63. The highest BCUT2D eigenvalue weighted by atomic mass is 19.1. The number of halogens is 1. The van der Waals surface area contributed by atoms with Crippen molar-refractivity contribution in [2.75, 3.05) is 18.5 Å². The molecular formula is C24H24FN7O2. The van der Waals surface area contributed by atoms with Gasteiger partial charge in [0, 0.05) is 31.0 Å². The summed E-state index contributed by atoms with van der Waals surface area (Å²) in [7, 11) is 0. The van der Waals surface area contributed by atoms with E-state index in [-0.39, 0.29) is 11.7 Å². The normalized spacial score (nSPS) is 19.2. The Hall–Kier alpha value is -3.63. The van der Waals surface area contributed by atoms with Crippen LogP contribution in [0.2, 0.25) is 0 Å². The quantitative estimate of drug-likeness (QED) is 0.495. The van der Waals surface area contributed by atoms with E-state index < -0.39 is 5.79 Å². The molecule has 0 bridgehead atoms. The van der Waals surface area contributed by atoms with Gasteiger partial charge in [0.25, 0.3) is 0 Å². The second kappa shape index (κ2) is 8.30. The van der Waals surface area contributed by atoms with Gasteiger partial charge >= 0.3 is 0 Å². The zero-order valence-electron chi connectivity index (χ0n) is 18.7. The van der Waals surface area contributed by atoms with Gasteiger partial charge in [-0.3, -0.25) is 0 Å². The smallest absolute Gasteiger partial charge is 0.246 e. The Morgan fingerprint density at radius 2 is 1.79 bits per heavy atom. The predicted molar refractivity (Wildman–Crippen MR) is 122 cm³/mol. The van der Waals surface area contributed by atoms with E-state index in [4.69, 9.17) is 19.6 Å². The highest BCUT2D eigenvalue weighted by Gasteiger charge is 2.43. The molecule has 2 aromatic carbocycles. The standard InChI is InChI=1S/C24H24FN7O2/c1-16-26-15-32(29-16)20-8-6-19(7-9-20)27-23-28-22-21(17-2-4-18(25)5-3-17)14-24(33-12-13-34-24)10-11-31(22)30-23/h2-9,15,21H,10-14H2,1H3,(H,27,30). The van der Waals surface area contributed by atoms with E-state index in [1.165, 1.54) is 12.1 Å². The van der Waals surface area contributed by atoms with Crippen molar-refractivity contribution in [3.05, 3.63) is 77.9 Å². The predicted octanol–water partition coefficient (Wildman–Crippen LogP) is 3.72. The van der Waals surface area contributed by atoms with Gasteiger partial charge in [-0.1, -0.05) is 12.1 Å². The van der Waals surface area contributed by atoms with Crippen LogP contribution < -0.4 is 5.32 Å². The highest BCUT2D eigenvalue weighted by Crippen LogP contribution is 2.41. The first kappa shape index (κ1) is 20.9. The van der Waals surface area contributed by atoms with Gasteiger partial charge < -0.3 is 14.8 Å². The first-order chi connectivity index (χ1) is 16.6. The zero-order chi connectivity index (χ0) is 23.1. The Kier molecular flexibility index (Phi) is 5.11. The van der Waals surface area contributed by atoms with Crippen LogP contribution in [-0.2, 0) is 16.0 Å². The SMILES string of the molecule is Cc1ncn(-c2ccc(Nc3nc4n(n3)CCC3(CC4c4ccc(F)cc4)OCCO3)cc2)n1. The summed E-state index contributed by atoms with van der Waals surface area (Å²) in [5.74, 6) is 0.966. The second-order valence-corrected chi connectivity index (χ2v) is 8.59. The van der Waals surface area contributed by atoms with Crippen LogP contribution in [-0.4, -0.2) is 48.5 Å². The van der Waals surface area contributed by atoms with Crippen molar-refractivity contribution in [1.82, 2.24) is 29.5 Å². The average Bonchev–Trinajstić information content (AvgIpc) is 3.56. The molecule has 9 nitrogen and oxygen atoms in total. The minimum atomic E-state index is -0.662. The number of rotatable bonds is 4. The van der Waals surface area contributed by atoms with E-state index in [1.54, 1.807) is 23.1 Å². The fourth-order valence-electron chi connectivity index (χ4n) is 4.63. The molecule has 4 heterocycles. The minimum absolute atomic E-state index is 0.137. The third kappa shape index (κ3) is 3.95. The molecule has 10 heteroatoms. The van der Waals surface area contributed by atoms with Crippen molar-refractivity contribution >= 4 is 11.6 Å². The fraction of sp³-hybridized carbons (Fsp3) is 0.333. The highest BCUT2D eigenvalue weighted by molar-refractivity contribution is 5.55. The van der Waals surface area contributed by atoms with E-state index in [0.29, 0.717) is 38.5 Å². The molecule has 1 saturated heterocycles. The summed E-state index contributed by atoms with van der Waals surface area (Å²) in [6.07, 6.45) is 2.96. The molecule has 34 heavy (non-hydrogen) atoms. The summed E-state index contributed by atoms with van der Waals surface area (Å²) in [5.41, 5.74) is 2.73. The number of benzene rings is 2. The Bertz CT molecular complexity index is 1290. The van der Waals surface area contributed by atoms with Gasteiger partial charge in [0.2, 0.25) is 5.95 Å². The largest absolute Gasteiger partial charge is 0.347 e. The zero-order valence-corrected chi connectivity index (χ0v) is 18.7. The van der Waals surface area contributed by atoms with Crippen molar-refractivity contribution in [2.24, 2.45) is 0 Å². The van der Waals surface area contributed by atoms with E-state index in [0.717, 1.165) is 28.6 Å². The van der Waals surface area contributed by atoms with Gasteiger partial charge in [0.1, 0.15) is 23.8 Å². The first-order valence-corrected chi connectivity index (χ1v) is 11.3. The average molecular weight is 462 g/mol. The summed E-state index contributed by atoms with van der Waals surface area (Å²) in [4.78, 5) is 9.00. The minimum Gasteiger partial charge on any atom is -0.347 e. The number of aromatic nitrogens is 6. The molecule has 1 N–H and O–H groups in total. The van der Waals surface area contributed by atoms with Gasteiger partial charge in [-0.05, 0) is 48.9 Å². The molecule has 174 valence electrons. The molecule has 2 aliphatic rings. The maximum atomic E-state index is 13.6. The van der Waals surface area contributed by atoms with Gasteiger partial charge in [0.15, 0.2) is 5.79 Å². The van der Waals surface area contributed by atoms with Crippen LogP contribution in [0.1, 0.15) is 36.0 Å². The van der Waals surface area contributed by atoms with E-state index in [9.17, 15) is 4.39 Å². The van der Waals surface area contributed by atoms with Crippen LogP contribution in [0.5, 0.6) is 0 Å². The van der Waals surface area contributed by atoms with Crippen LogP contribution in [0, 0.1) is 12.7 Å². The number of ether oxygens (including phenoxy) is 2. The molecule has 0 radical (unpaired) electrons. The van der Waals surface area contributed by atoms with Crippen LogP contribution >= 0.6 is 0 Å². The topological polar surface area (TPSA) is 91.9 Å². The summed E-state index contributed by atoms with van der Waals surface area (Å²) in [5, 5.41) is 12.3. The van der Waals surface area contributed by atoms with Crippen molar-refractivity contribution in [2.45, 2.75) is 38.0 Å². The van der Waals surface area contributed by atoms with Gasteiger partial charge in [-0.2, -0.15) is 10.1 Å². The maximum absolute atomic E-state index is 13.6. The van der Waals surface area contributed by atoms with E-state index >= 15 is 0 Å². The Morgan fingerprint density at radius 1 is 1.03 bits per heavy atom. The Morgan fingerprint density at radius 3 is 2.50 bits per heavy atom. The van der Waals surface area contributed by atoms with Crippen molar-refractivity contribution in [3.63, 3.8) is 0 Å². The van der Waals surface area contributed by atoms with Crippen LogP contribution in [0.4, 0.5) is 16.0 Å². The molecule has 0 amide bonds. The molecule has 4 aromatic rings. The van der Waals surface area contributed by atoms with Gasteiger partial charge in [-0.15, -0.1) is 5.10 Å². The lowest BCUT2D eigenvalue weighted by Gasteiger charge is -2.28. The van der Waals surface area contributed by atoms with Gasteiger partial charge in [-0.25, -0.2) is 18.7 Å². The molecule has 2 aliphatic heterocycles. The maximum Gasteiger partial charge on any atom is 0.246 e. The van der Waals surface area contributed by atoms with Crippen LogP contribution in [0.25, 0.3) is 5.69 Å².